The quantitative estimate of drug-likeness (QED) is 0.143. The molecule has 166 valence electrons. The highest BCUT2D eigenvalue weighted by Gasteiger charge is 2.31. The van der Waals surface area contributed by atoms with Gasteiger partial charge in [-0.1, -0.05) is 13.8 Å². The first-order valence-corrected chi connectivity index (χ1v) is 10.1. The van der Waals surface area contributed by atoms with Gasteiger partial charge in [0.05, 0.1) is 12.5 Å². The summed E-state index contributed by atoms with van der Waals surface area (Å²) >= 11 is 7.77. The molecule has 4 amide bonds. The Labute approximate surface area is 179 Å². The molecular weight excluding hydrogens is 422 g/mol. The third-order valence-electron chi connectivity index (χ3n) is 3.71. The fourth-order valence-corrected chi connectivity index (χ4v) is 2.62. The van der Waals surface area contributed by atoms with E-state index in [0.717, 1.165) is 0 Å². The van der Waals surface area contributed by atoms with Crippen LogP contribution in [-0.2, 0) is 24.0 Å². The van der Waals surface area contributed by atoms with Crippen LogP contribution in [0.5, 0.6) is 0 Å². The first-order chi connectivity index (χ1) is 13.4. The molecule has 4 unspecified atom stereocenters. The molecule has 0 aromatic heterocycles. The summed E-state index contributed by atoms with van der Waals surface area (Å²) in [6.45, 7) is 3.60. The Morgan fingerprint density at radius 1 is 0.862 bits per heavy atom. The smallest absolute Gasteiger partial charge is 0.327 e. The number of nitrogens with one attached hydrogen (secondary N) is 3. The maximum absolute atomic E-state index is 12.6. The van der Waals surface area contributed by atoms with E-state index >= 15 is 0 Å². The molecule has 13 heteroatoms. The second-order valence-electron chi connectivity index (χ2n) is 6.79. The van der Waals surface area contributed by atoms with E-state index in [1.54, 1.807) is 13.8 Å². The monoisotopic (exact) mass is 451 g/mol. The Morgan fingerprint density at radius 3 is 1.76 bits per heavy atom. The lowest BCUT2D eigenvalue weighted by molar-refractivity contribution is -0.141. The highest BCUT2D eigenvalue weighted by Crippen LogP contribution is 2.07. The second-order valence-corrected chi connectivity index (χ2v) is 7.52. The molecule has 0 aliphatic heterocycles. The predicted molar refractivity (Wildman–Crippen MR) is 112 cm³/mol. The molecule has 4 atom stereocenters. The number of carbonyl (C=O) groups excluding carboxylic acids is 4. The standard InChI is InChI=1S/C16H29N5O6S2/c1-7(2)3-9(14(24)21-11(6-29)16(26)27)20-15(25)10(4-12(18)22)19-13(23)8(17)5-28/h7-11,28-29H,3-6,17H2,1-2H3,(H2,18,22)(H,19,23)(H,20,25)(H,21,24)(H,26,27). The lowest BCUT2D eigenvalue weighted by atomic mass is 10.0. The van der Waals surface area contributed by atoms with Crippen LogP contribution >= 0.6 is 25.3 Å². The molecule has 0 heterocycles. The number of aliphatic carboxylic acids is 1. The molecule has 0 aliphatic rings. The number of carbonyl (C=O) groups is 5. The van der Waals surface area contributed by atoms with E-state index in [0.29, 0.717) is 0 Å². The number of carboxylic acids is 1. The van der Waals surface area contributed by atoms with Gasteiger partial charge >= 0.3 is 5.97 Å². The number of thiol groups is 2. The minimum Gasteiger partial charge on any atom is -0.480 e. The summed E-state index contributed by atoms with van der Waals surface area (Å²) in [5.41, 5.74) is 10.7. The van der Waals surface area contributed by atoms with E-state index in [2.05, 4.69) is 41.2 Å². The molecule has 29 heavy (non-hydrogen) atoms. The number of hydrogen-bond acceptors (Lipinski definition) is 8. The average molecular weight is 452 g/mol. The van der Waals surface area contributed by atoms with Crippen molar-refractivity contribution in [1.82, 2.24) is 16.0 Å². The minimum atomic E-state index is -1.35. The van der Waals surface area contributed by atoms with Gasteiger partial charge in [-0.25, -0.2) is 4.79 Å². The fourth-order valence-electron chi connectivity index (χ4n) is 2.21. The summed E-state index contributed by atoms with van der Waals surface area (Å²) in [4.78, 5) is 59.4. The van der Waals surface area contributed by atoms with Gasteiger partial charge in [0, 0.05) is 11.5 Å². The predicted octanol–water partition coefficient (Wildman–Crippen LogP) is -2.37. The van der Waals surface area contributed by atoms with Gasteiger partial charge in [0.25, 0.3) is 0 Å². The van der Waals surface area contributed by atoms with Crippen molar-refractivity contribution in [2.45, 2.75) is 50.9 Å². The van der Waals surface area contributed by atoms with Crippen LogP contribution in [0.1, 0.15) is 26.7 Å². The molecule has 0 rings (SSSR count). The third-order valence-corrected chi connectivity index (χ3v) is 4.47. The number of carboxylic acid groups (broad SMARTS) is 1. The summed E-state index contributed by atoms with van der Waals surface area (Å²) in [5.74, 6) is -4.58. The molecule has 0 aromatic carbocycles. The summed E-state index contributed by atoms with van der Waals surface area (Å²) in [6.07, 6.45) is -0.328. The van der Waals surface area contributed by atoms with Crippen LogP contribution in [0.15, 0.2) is 0 Å². The van der Waals surface area contributed by atoms with E-state index < -0.39 is 60.2 Å². The molecule has 0 bridgehead atoms. The maximum Gasteiger partial charge on any atom is 0.327 e. The van der Waals surface area contributed by atoms with Crippen molar-refractivity contribution in [3.05, 3.63) is 0 Å². The first-order valence-electron chi connectivity index (χ1n) is 8.82. The Hall–Kier alpha value is -1.99. The van der Waals surface area contributed by atoms with Gasteiger partial charge in [-0.3, -0.25) is 19.2 Å². The van der Waals surface area contributed by atoms with E-state index in [9.17, 15) is 24.0 Å². The Bertz CT molecular complexity index is 619. The normalized spacial score (nSPS) is 15.0. The van der Waals surface area contributed by atoms with Crippen molar-refractivity contribution >= 4 is 54.9 Å². The number of rotatable bonds is 13. The van der Waals surface area contributed by atoms with Crippen LogP contribution in [0.4, 0.5) is 0 Å². The Morgan fingerprint density at radius 2 is 1.34 bits per heavy atom. The number of primary amides is 1. The summed E-state index contributed by atoms with van der Waals surface area (Å²) in [5, 5.41) is 16.1. The Balaban J connectivity index is 5.39. The van der Waals surface area contributed by atoms with Crippen molar-refractivity contribution in [3.63, 3.8) is 0 Å². The molecule has 0 fully saturated rings. The zero-order valence-electron chi connectivity index (χ0n) is 16.3. The molecule has 0 saturated carbocycles. The summed E-state index contributed by atoms with van der Waals surface area (Å²) < 4.78 is 0. The molecule has 0 aliphatic carbocycles. The van der Waals surface area contributed by atoms with Crippen molar-refractivity contribution in [3.8, 4) is 0 Å². The molecule has 0 spiro atoms. The van der Waals surface area contributed by atoms with Gasteiger partial charge < -0.3 is 32.5 Å². The lowest BCUT2D eigenvalue weighted by Crippen LogP contribution is -2.58. The van der Waals surface area contributed by atoms with Gasteiger partial charge in [0.15, 0.2) is 0 Å². The van der Waals surface area contributed by atoms with Gasteiger partial charge in [-0.05, 0) is 12.3 Å². The van der Waals surface area contributed by atoms with E-state index in [1.807, 2.05) is 0 Å². The lowest BCUT2D eigenvalue weighted by Gasteiger charge is -2.25. The summed E-state index contributed by atoms with van der Waals surface area (Å²) in [7, 11) is 0. The van der Waals surface area contributed by atoms with Crippen molar-refractivity contribution in [1.29, 1.82) is 0 Å². The average Bonchev–Trinajstić information content (AvgIpc) is 2.62. The van der Waals surface area contributed by atoms with Gasteiger partial charge in [0.1, 0.15) is 18.1 Å². The van der Waals surface area contributed by atoms with Crippen LogP contribution in [0.2, 0.25) is 0 Å². The zero-order valence-corrected chi connectivity index (χ0v) is 18.0. The topological polar surface area (TPSA) is 194 Å². The zero-order chi connectivity index (χ0) is 22.7. The minimum absolute atomic E-state index is 0.00935. The van der Waals surface area contributed by atoms with Gasteiger partial charge in [-0.2, -0.15) is 25.3 Å². The Kier molecular flexibility index (Phi) is 12.4. The third kappa shape index (κ3) is 10.4. The van der Waals surface area contributed by atoms with Crippen molar-refractivity contribution < 1.29 is 29.1 Å². The highest BCUT2D eigenvalue weighted by atomic mass is 32.1. The fraction of sp³-hybridized carbons (Fsp3) is 0.688. The van der Waals surface area contributed by atoms with Gasteiger partial charge in [0.2, 0.25) is 23.6 Å². The molecule has 0 saturated heterocycles. The maximum atomic E-state index is 12.6. The van der Waals surface area contributed by atoms with E-state index in [1.165, 1.54) is 0 Å². The molecular formula is C16H29N5O6S2. The van der Waals surface area contributed by atoms with E-state index in [-0.39, 0.29) is 23.8 Å². The van der Waals surface area contributed by atoms with Crippen LogP contribution in [0.3, 0.4) is 0 Å². The number of amides is 4. The second kappa shape index (κ2) is 13.3. The van der Waals surface area contributed by atoms with Crippen LogP contribution in [0.25, 0.3) is 0 Å². The highest BCUT2D eigenvalue weighted by molar-refractivity contribution is 7.80. The van der Waals surface area contributed by atoms with Crippen molar-refractivity contribution in [2.24, 2.45) is 17.4 Å². The molecule has 8 N–H and O–H groups in total. The molecule has 0 radical (unpaired) electrons. The number of hydrogen-bond donors (Lipinski definition) is 8. The van der Waals surface area contributed by atoms with Crippen LogP contribution in [0, 0.1) is 5.92 Å². The van der Waals surface area contributed by atoms with Crippen molar-refractivity contribution in [2.75, 3.05) is 11.5 Å². The largest absolute Gasteiger partial charge is 0.480 e. The van der Waals surface area contributed by atoms with Gasteiger partial charge in [-0.15, -0.1) is 0 Å². The van der Waals surface area contributed by atoms with E-state index in [4.69, 9.17) is 16.6 Å². The number of nitrogens with two attached hydrogens (primary N) is 2. The van der Waals surface area contributed by atoms with Crippen LogP contribution in [-0.4, -0.2) is 70.4 Å². The molecule has 0 aromatic rings. The molecule has 11 nitrogen and oxygen atoms in total. The van der Waals surface area contributed by atoms with Crippen LogP contribution < -0.4 is 27.4 Å². The SMILES string of the molecule is CC(C)CC(NC(=O)C(CC(N)=O)NC(=O)C(N)CS)C(=O)NC(CS)C(=O)O. The summed E-state index contributed by atoms with van der Waals surface area (Å²) in [6, 6.07) is -4.71. The first kappa shape index (κ1) is 27.0.